The number of hydrogen-bond acceptors (Lipinski definition) is 7. The molecular weight excluding hydrogens is 456 g/mol. The van der Waals surface area contributed by atoms with Gasteiger partial charge < -0.3 is 19.9 Å². The van der Waals surface area contributed by atoms with Crippen LogP contribution in [-0.4, -0.2) is 38.0 Å². The summed E-state index contributed by atoms with van der Waals surface area (Å²) in [5.74, 6) is 1.91. The quantitative estimate of drug-likeness (QED) is 0.327. The van der Waals surface area contributed by atoms with Crippen molar-refractivity contribution in [3.8, 4) is 22.6 Å². The lowest BCUT2D eigenvalue weighted by Crippen LogP contribution is -2.17. The molecule has 0 aliphatic rings. The van der Waals surface area contributed by atoms with Gasteiger partial charge in [-0.25, -0.2) is 9.97 Å². The molecule has 0 aliphatic carbocycles. The van der Waals surface area contributed by atoms with Crippen LogP contribution in [0.15, 0.2) is 73.2 Å². The Morgan fingerprint density at radius 3 is 2.39 bits per heavy atom. The van der Waals surface area contributed by atoms with Gasteiger partial charge in [-0.2, -0.15) is 5.10 Å². The molecule has 0 amide bonds. The number of nitrogens with zero attached hydrogens (tertiary/aromatic N) is 5. The first kappa shape index (κ1) is 23.4. The van der Waals surface area contributed by atoms with E-state index in [1.165, 1.54) is 0 Å². The summed E-state index contributed by atoms with van der Waals surface area (Å²) < 4.78 is 20.8. The van der Waals surface area contributed by atoms with Gasteiger partial charge in [0.05, 0.1) is 13.3 Å². The first-order valence-corrected chi connectivity index (χ1v) is 11.7. The summed E-state index contributed by atoms with van der Waals surface area (Å²) >= 11 is 0. The molecular formula is C27H28N6O3. The molecule has 0 saturated heterocycles. The minimum Gasteiger partial charge on any atom is -0.497 e. The Labute approximate surface area is 209 Å². The van der Waals surface area contributed by atoms with E-state index >= 15 is 0 Å². The Balaban J connectivity index is 1.38. The molecule has 2 N–H and O–H groups in total. The van der Waals surface area contributed by atoms with Gasteiger partial charge >= 0.3 is 0 Å². The summed E-state index contributed by atoms with van der Waals surface area (Å²) in [7, 11) is 3.53. The standard InChI is InChI=1S/C27H28N6O3/c1-4-35-26(19-7-11-23(12-8-19)36-17-18-5-9-22(34-3)10-6-18)33-25-24(31-27(33)28)13-20(14-29-25)21-15-30-32(2)16-21/h5-16,26H,4,17H2,1-3H3,(H2,28,31). The number of aromatic nitrogens is 5. The number of pyridine rings is 1. The summed E-state index contributed by atoms with van der Waals surface area (Å²) in [6, 6.07) is 17.6. The maximum atomic E-state index is 6.36. The molecule has 2 aromatic carbocycles. The van der Waals surface area contributed by atoms with E-state index in [9.17, 15) is 0 Å². The number of ether oxygens (including phenoxy) is 3. The zero-order valence-corrected chi connectivity index (χ0v) is 20.5. The van der Waals surface area contributed by atoms with Crippen molar-refractivity contribution in [2.45, 2.75) is 19.8 Å². The number of nitrogen functional groups attached to an aromatic ring is 1. The number of methoxy groups -OCH3 is 1. The van der Waals surface area contributed by atoms with Crippen LogP contribution in [-0.2, 0) is 18.4 Å². The van der Waals surface area contributed by atoms with Crippen LogP contribution in [0.4, 0.5) is 5.95 Å². The molecule has 3 heterocycles. The molecule has 0 fully saturated rings. The summed E-state index contributed by atoms with van der Waals surface area (Å²) in [5, 5.41) is 4.24. The number of hydrogen-bond donors (Lipinski definition) is 1. The molecule has 1 unspecified atom stereocenters. The first-order valence-electron chi connectivity index (χ1n) is 11.7. The molecule has 0 spiro atoms. The van der Waals surface area contributed by atoms with Gasteiger partial charge in [-0.3, -0.25) is 9.25 Å². The summed E-state index contributed by atoms with van der Waals surface area (Å²) in [6.45, 7) is 2.90. The Hall–Kier alpha value is -4.37. The van der Waals surface area contributed by atoms with Crippen LogP contribution in [0.3, 0.4) is 0 Å². The van der Waals surface area contributed by atoms with E-state index in [1.807, 2.05) is 79.3 Å². The van der Waals surface area contributed by atoms with Crippen molar-refractivity contribution >= 4 is 17.1 Å². The molecule has 0 radical (unpaired) electrons. The summed E-state index contributed by atoms with van der Waals surface area (Å²) in [4.78, 5) is 9.24. The van der Waals surface area contributed by atoms with Gasteiger partial charge in [0.25, 0.3) is 0 Å². The Morgan fingerprint density at radius 1 is 0.972 bits per heavy atom. The van der Waals surface area contributed by atoms with Crippen LogP contribution in [0, 0.1) is 0 Å². The Bertz CT molecular complexity index is 1460. The van der Waals surface area contributed by atoms with Crippen molar-refractivity contribution in [2.75, 3.05) is 19.5 Å². The van der Waals surface area contributed by atoms with Crippen molar-refractivity contribution in [3.63, 3.8) is 0 Å². The van der Waals surface area contributed by atoms with Crippen molar-refractivity contribution < 1.29 is 14.2 Å². The third kappa shape index (κ3) is 4.73. The molecule has 9 nitrogen and oxygen atoms in total. The largest absolute Gasteiger partial charge is 0.497 e. The molecule has 5 aromatic rings. The zero-order chi connectivity index (χ0) is 25.1. The molecule has 0 bridgehead atoms. The van der Waals surface area contributed by atoms with Gasteiger partial charge in [-0.15, -0.1) is 0 Å². The fraction of sp³-hybridized carbons (Fsp3) is 0.222. The minimum atomic E-state index is -0.479. The molecule has 184 valence electrons. The van der Waals surface area contributed by atoms with Crippen LogP contribution in [0.5, 0.6) is 11.5 Å². The highest BCUT2D eigenvalue weighted by molar-refractivity contribution is 5.80. The molecule has 3 aromatic heterocycles. The Kier molecular flexibility index (Phi) is 6.55. The maximum Gasteiger partial charge on any atom is 0.204 e. The second-order valence-corrected chi connectivity index (χ2v) is 8.32. The number of nitrogens with two attached hydrogens (primary N) is 1. The smallest absolute Gasteiger partial charge is 0.204 e. The van der Waals surface area contributed by atoms with Gasteiger partial charge in [-0.1, -0.05) is 24.3 Å². The van der Waals surface area contributed by atoms with Gasteiger partial charge in [0, 0.05) is 42.7 Å². The van der Waals surface area contributed by atoms with Crippen molar-refractivity contribution in [1.29, 1.82) is 0 Å². The van der Waals surface area contributed by atoms with Crippen molar-refractivity contribution in [3.05, 3.63) is 84.3 Å². The van der Waals surface area contributed by atoms with E-state index in [2.05, 4.69) is 15.1 Å². The maximum absolute atomic E-state index is 6.36. The monoisotopic (exact) mass is 484 g/mol. The van der Waals surface area contributed by atoms with E-state index < -0.39 is 6.23 Å². The van der Waals surface area contributed by atoms with E-state index in [4.69, 9.17) is 19.9 Å². The van der Waals surface area contributed by atoms with Crippen LogP contribution in [0.2, 0.25) is 0 Å². The predicted molar refractivity (Wildman–Crippen MR) is 138 cm³/mol. The molecule has 0 aliphatic heterocycles. The number of aryl methyl sites for hydroxylation is 1. The van der Waals surface area contributed by atoms with Gasteiger partial charge in [-0.05, 0) is 42.8 Å². The summed E-state index contributed by atoms with van der Waals surface area (Å²) in [6.07, 6.45) is 5.05. The van der Waals surface area contributed by atoms with Crippen LogP contribution in [0.25, 0.3) is 22.3 Å². The van der Waals surface area contributed by atoms with Crippen LogP contribution < -0.4 is 15.2 Å². The van der Waals surface area contributed by atoms with Crippen LogP contribution >= 0.6 is 0 Å². The number of imidazole rings is 1. The zero-order valence-electron chi connectivity index (χ0n) is 20.5. The first-order chi connectivity index (χ1) is 17.6. The minimum absolute atomic E-state index is 0.333. The van der Waals surface area contributed by atoms with Crippen molar-refractivity contribution in [2.24, 2.45) is 7.05 Å². The molecule has 36 heavy (non-hydrogen) atoms. The molecule has 1 atom stereocenters. The highest BCUT2D eigenvalue weighted by atomic mass is 16.5. The average Bonchev–Trinajstić information content (AvgIpc) is 3.48. The van der Waals surface area contributed by atoms with E-state index in [-0.39, 0.29) is 0 Å². The number of fused-ring (bicyclic) bond motifs is 1. The SMILES string of the molecule is CCOC(c1ccc(OCc2ccc(OC)cc2)cc1)n1c(N)nc2cc(-c3cnn(C)c3)cnc21. The molecule has 0 saturated carbocycles. The lowest BCUT2D eigenvalue weighted by Gasteiger charge is -2.21. The Morgan fingerprint density at radius 2 is 1.72 bits per heavy atom. The average molecular weight is 485 g/mol. The summed E-state index contributed by atoms with van der Waals surface area (Å²) in [5.41, 5.74) is 11.6. The third-order valence-electron chi connectivity index (χ3n) is 5.88. The van der Waals surface area contributed by atoms with Gasteiger partial charge in [0.2, 0.25) is 5.95 Å². The van der Waals surface area contributed by atoms with Crippen LogP contribution in [0.1, 0.15) is 24.3 Å². The second-order valence-electron chi connectivity index (χ2n) is 8.32. The van der Waals surface area contributed by atoms with E-state index in [0.29, 0.717) is 30.3 Å². The fourth-order valence-corrected chi connectivity index (χ4v) is 4.05. The molecule has 9 heteroatoms. The number of benzene rings is 2. The molecule has 5 rings (SSSR count). The highest BCUT2D eigenvalue weighted by Crippen LogP contribution is 2.31. The predicted octanol–water partition coefficient (Wildman–Crippen LogP) is 4.59. The van der Waals surface area contributed by atoms with E-state index in [1.54, 1.807) is 24.2 Å². The second kappa shape index (κ2) is 10.1. The number of anilines is 1. The van der Waals surface area contributed by atoms with E-state index in [0.717, 1.165) is 33.8 Å². The normalized spacial score (nSPS) is 12.1. The number of rotatable bonds is 9. The van der Waals surface area contributed by atoms with Crippen molar-refractivity contribution in [1.82, 2.24) is 24.3 Å². The lowest BCUT2D eigenvalue weighted by atomic mass is 10.1. The lowest BCUT2D eigenvalue weighted by molar-refractivity contribution is 0.0450. The third-order valence-corrected chi connectivity index (χ3v) is 5.88. The fourth-order valence-electron chi connectivity index (χ4n) is 4.05. The topological polar surface area (TPSA) is 102 Å². The van der Waals surface area contributed by atoms with Gasteiger partial charge in [0.1, 0.15) is 23.6 Å². The highest BCUT2D eigenvalue weighted by Gasteiger charge is 2.22. The van der Waals surface area contributed by atoms with Gasteiger partial charge in [0.15, 0.2) is 11.9 Å².